The van der Waals surface area contributed by atoms with Gasteiger partial charge in [0.1, 0.15) is 12.3 Å². The first-order valence-electron chi connectivity index (χ1n) is 6.90. The lowest BCUT2D eigenvalue weighted by molar-refractivity contribution is -0.139. The normalized spacial score (nSPS) is 16.0. The number of hydrogen-bond donors (Lipinski definition) is 1. The van der Waals surface area contributed by atoms with E-state index in [1.807, 2.05) is 0 Å². The summed E-state index contributed by atoms with van der Waals surface area (Å²) >= 11 is 5.03. The van der Waals surface area contributed by atoms with Crippen LogP contribution in [0.5, 0.6) is 0 Å². The highest BCUT2D eigenvalue weighted by Crippen LogP contribution is 2.30. The lowest BCUT2D eigenvalue weighted by atomic mass is 9.95. The molecule has 126 valence electrons. The van der Waals surface area contributed by atoms with E-state index in [1.54, 1.807) is 24.3 Å². The number of fused-ring (bicyclic) bond motifs is 1. The molecule has 0 amide bonds. The number of ketones is 1. The minimum Gasteiger partial charge on any atom is -0.460 e. The van der Waals surface area contributed by atoms with Crippen molar-refractivity contribution < 1.29 is 22.7 Å². The minimum absolute atomic E-state index is 0.101. The quantitative estimate of drug-likeness (QED) is 0.471. The Morgan fingerprint density at radius 2 is 1.92 bits per heavy atom. The Labute approximate surface area is 144 Å². The van der Waals surface area contributed by atoms with E-state index >= 15 is 0 Å². The first-order chi connectivity index (χ1) is 11.2. The third kappa shape index (κ3) is 3.84. The van der Waals surface area contributed by atoms with Crippen molar-refractivity contribution in [3.05, 3.63) is 53.6 Å². The molecule has 1 aliphatic carbocycles. The van der Waals surface area contributed by atoms with Gasteiger partial charge in [0, 0.05) is 27.9 Å². The van der Waals surface area contributed by atoms with Gasteiger partial charge in [0.25, 0.3) is 0 Å². The van der Waals surface area contributed by atoms with Gasteiger partial charge < -0.3 is 4.74 Å². The van der Waals surface area contributed by atoms with E-state index in [4.69, 9.17) is 25.5 Å². The maximum Gasteiger partial charge on any atom is 0.333 e. The van der Waals surface area contributed by atoms with Gasteiger partial charge in [-0.15, -0.1) is 0 Å². The van der Waals surface area contributed by atoms with Gasteiger partial charge in [-0.05, 0) is 13.0 Å². The second-order valence-corrected chi connectivity index (χ2v) is 7.89. The van der Waals surface area contributed by atoms with Crippen molar-refractivity contribution >= 4 is 42.3 Å². The Morgan fingerprint density at radius 3 is 2.54 bits per heavy atom. The van der Waals surface area contributed by atoms with E-state index < -0.39 is 20.5 Å². The number of hydrogen-bond acceptors (Lipinski definition) is 7. The Hall–Kier alpha value is -2.16. The van der Waals surface area contributed by atoms with E-state index in [9.17, 15) is 13.8 Å². The van der Waals surface area contributed by atoms with Crippen molar-refractivity contribution in [2.45, 2.75) is 6.92 Å². The average Bonchev–Trinajstić information content (AvgIpc) is 2.54. The first-order valence-corrected chi connectivity index (χ1v) is 9.31. The molecule has 6 nitrogen and oxygen atoms in total. The van der Waals surface area contributed by atoms with Crippen LogP contribution in [0.3, 0.4) is 0 Å². The topological polar surface area (TPSA) is 93.5 Å². The van der Waals surface area contributed by atoms with E-state index in [0.29, 0.717) is 5.56 Å². The Morgan fingerprint density at radius 1 is 1.29 bits per heavy atom. The van der Waals surface area contributed by atoms with E-state index in [2.05, 4.69) is 6.58 Å². The van der Waals surface area contributed by atoms with Gasteiger partial charge in [-0.1, -0.05) is 30.8 Å². The van der Waals surface area contributed by atoms with Crippen LogP contribution >= 0.6 is 0 Å². The number of rotatable bonds is 6. The molecule has 24 heavy (non-hydrogen) atoms. The zero-order valence-electron chi connectivity index (χ0n) is 12.9. The van der Waals surface area contributed by atoms with Gasteiger partial charge in [-0.2, -0.15) is 0 Å². The van der Waals surface area contributed by atoms with Crippen molar-refractivity contribution in [3.63, 3.8) is 0 Å². The molecule has 2 rings (SSSR count). The summed E-state index contributed by atoms with van der Waals surface area (Å²) in [5.74, 6) is -1.04. The zero-order chi connectivity index (χ0) is 17.9. The van der Waals surface area contributed by atoms with Crippen LogP contribution in [0, 0.1) is 5.41 Å². The summed E-state index contributed by atoms with van der Waals surface area (Å²) in [6.07, 6.45) is 1.17. The first kappa shape index (κ1) is 18.2. The number of ether oxygens (including phenoxy) is 1. The van der Waals surface area contributed by atoms with Gasteiger partial charge in [-0.3, -0.25) is 14.4 Å². The van der Waals surface area contributed by atoms with Crippen LogP contribution in [0.2, 0.25) is 0 Å². The van der Waals surface area contributed by atoms with Gasteiger partial charge in [-0.25, -0.2) is 9.00 Å². The number of nitrogens with one attached hydrogen (secondary N) is 1. The van der Waals surface area contributed by atoms with Crippen LogP contribution in [0.25, 0.3) is 4.91 Å². The molecule has 0 radical (unpaired) electrons. The number of benzene rings is 1. The monoisotopic (exact) mass is 365 g/mol. The standard InChI is InChI=1S/C16H15NO5S2/c1-10(2)16(19)21-7-8-22-24(20,23)14-9-13(17)15(18)12-6-4-3-5-11(12)14/h3-6,9,17H,1,7-8H2,2H3. The number of carbonyl (C=O) groups is 2. The van der Waals surface area contributed by atoms with Crippen molar-refractivity contribution in [2.24, 2.45) is 0 Å². The highest BCUT2D eigenvalue weighted by atomic mass is 32.8. The number of allylic oxidation sites excluding steroid dienone is 1. The zero-order valence-corrected chi connectivity index (χ0v) is 14.5. The maximum absolute atomic E-state index is 12.7. The summed E-state index contributed by atoms with van der Waals surface area (Å²) in [7, 11) is -3.38. The van der Waals surface area contributed by atoms with E-state index in [0.717, 1.165) is 0 Å². The highest BCUT2D eigenvalue weighted by molar-refractivity contribution is 8.35. The minimum atomic E-state index is -3.38. The molecule has 0 saturated heterocycles. The molecule has 1 aliphatic rings. The number of carbonyl (C=O) groups excluding carboxylic acids is 2. The maximum atomic E-state index is 12.7. The highest BCUT2D eigenvalue weighted by Gasteiger charge is 2.28. The van der Waals surface area contributed by atoms with Crippen LogP contribution < -0.4 is 0 Å². The SMILES string of the molecule is C=C(C)C(=O)OCCOS(=O)(=S)C1=CC(=N)C(=O)c2ccccc21. The lowest BCUT2D eigenvalue weighted by Gasteiger charge is -2.19. The summed E-state index contributed by atoms with van der Waals surface area (Å²) in [6, 6.07) is 6.46. The molecule has 0 fully saturated rings. The van der Waals surface area contributed by atoms with Crippen molar-refractivity contribution in [1.29, 1.82) is 5.41 Å². The molecule has 1 unspecified atom stereocenters. The van der Waals surface area contributed by atoms with Gasteiger partial charge in [0.2, 0.25) is 5.78 Å². The molecule has 1 atom stereocenters. The number of esters is 1. The van der Waals surface area contributed by atoms with Crippen molar-refractivity contribution in [1.82, 2.24) is 0 Å². The molecule has 1 aromatic rings. The predicted molar refractivity (Wildman–Crippen MR) is 93.7 cm³/mol. The summed E-state index contributed by atoms with van der Waals surface area (Å²) in [6.45, 7) is 4.63. The van der Waals surface area contributed by atoms with Crippen molar-refractivity contribution in [3.8, 4) is 0 Å². The second kappa shape index (κ2) is 7.16. The molecule has 0 heterocycles. The molecular formula is C16H15NO5S2. The molecule has 0 bridgehead atoms. The smallest absolute Gasteiger partial charge is 0.333 e. The summed E-state index contributed by atoms with van der Waals surface area (Å²) in [4.78, 5) is 23.3. The molecule has 1 aromatic carbocycles. The molecule has 1 N–H and O–H groups in total. The largest absolute Gasteiger partial charge is 0.460 e. The molecule has 0 spiro atoms. The Bertz CT molecular complexity index is 868. The predicted octanol–water partition coefficient (Wildman–Crippen LogP) is 2.04. The molecule has 0 aliphatic heterocycles. The van der Waals surface area contributed by atoms with Gasteiger partial charge in [0.15, 0.2) is 8.77 Å². The van der Waals surface area contributed by atoms with Crippen LogP contribution in [0.15, 0.2) is 42.5 Å². The Kier molecular flexibility index (Phi) is 5.43. The van der Waals surface area contributed by atoms with Gasteiger partial charge >= 0.3 is 5.97 Å². The van der Waals surface area contributed by atoms with Crippen LogP contribution in [-0.2, 0) is 33.7 Å². The summed E-state index contributed by atoms with van der Waals surface area (Å²) in [5.41, 5.74) is 0.580. The third-order valence-corrected chi connectivity index (χ3v) is 5.31. The van der Waals surface area contributed by atoms with Crippen LogP contribution in [-0.4, -0.2) is 34.9 Å². The lowest BCUT2D eigenvalue weighted by Crippen LogP contribution is -2.22. The Balaban J connectivity index is 2.16. The second-order valence-electron chi connectivity index (χ2n) is 4.99. The fourth-order valence-electron chi connectivity index (χ4n) is 1.99. The van der Waals surface area contributed by atoms with Crippen molar-refractivity contribution in [2.75, 3.05) is 13.2 Å². The molecule has 0 saturated carbocycles. The third-order valence-electron chi connectivity index (χ3n) is 3.13. The van der Waals surface area contributed by atoms with E-state index in [1.165, 1.54) is 13.0 Å². The summed E-state index contributed by atoms with van der Waals surface area (Å²) < 4.78 is 22.7. The van der Waals surface area contributed by atoms with E-state index in [-0.39, 0.29) is 35.0 Å². The fourth-order valence-corrected chi connectivity index (χ4v) is 3.73. The summed E-state index contributed by atoms with van der Waals surface area (Å²) in [5, 5.41) is 7.72. The molecular weight excluding hydrogens is 350 g/mol. The molecule has 8 heteroatoms. The van der Waals surface area contributed by atoms with Crippen LogP contribution in [0.4, 0.5) is 0 Å². The number of Topliss-reactive ketones (excluding diaryl/α,β-unsaturated/α-hetero) is 1. The molecule has 0 aromatic heterocycles. The van der Waals surface area contributed by atoms with Crippen LogP contribution in [0.1, 0.15) is 22.8 Å². The van der Waals surface area contributed by atoms with Gasteiger partial charge in [0.05, 0.1) is 11.5 Å². The fraction of sp³-hybridized carbons (Fsp3) is 0.188. The average molecular weight is 365 g/mol.